The molecule has 2 aromatic carbocycles. The van der Waals surface area contributed by atoms with Gasteiger partial charge in [0, 0.05) is 20.6 Å². The molecule has 4 saturated carbocycles. The Labute approximate surface area is 361 Å². The van der Waals surface area contributed by atoms with E-state index in [4.69, 9.17) is 30.9 Å². The van der Waals surface area contributed by atoms with E-state index in [1.165, 1.54) is 74.6 Å². The smallest absolute Gasteiger partial charge is 0.261 e. The van der Waals surface area contributed by atoms with E-state index >= 15 is 0 Å². The molecular formula is C52H82O4SSi. The standard InChI is InChI=1S/C52H82O4SSi/c1-36(2)20-19-21-37(3)44-28-29-45-43-27-26-39-34-40(30-32-50(39,8)46(43)31-33-51(44,45)9)55-47(57)35-52(10,54-12)48(53-11)38(4)56-58(49(5,6)7,41-22-15-13-16-23-41)42-24-17-14-18-25-42/h13-18,22-25,36-40,43-46,48H,19-21,26-35H2,1-12H3/t37-,38+,39-,40-,43-,44+,45-,46-,48?,50-,51+,52+/m0/s1. The number of methoxy groups -OCH3 is 2. The maximum Gasteiger partial charge on any atom is 0.261 e. The van der Waals surface area contributed by atoms with Crippen molar-refractivity contribution in [2.75, 3.05) is 14.2 Å². The van der Waals surface area contributed by atoms with Crippen LogP contribution in [0.4, 0.5) is 0 Å². The van der Waals surface area contributed by atoms with Crippen LogP contribution in [0.1, 0.15) is 153 Å². The van der Waals surface area contributed by atoms with Crippen molar-refractivity contribution in [3.63, 3.8) is 0 Å². The van der Waals surface area contributed by atoms with Crippen molar-refractivity contribution in [2.45, 2.75) is 182 Å². The first-order valence-corrected chi connectivity index (χ1v) is 25.8. The van der Waals surface area contributed by atoms with Gasteiger partial charge in [-0.2, -0.15) is 0 Å². The largest absolute Gasteiger partial charge is 0.484 e. The molecule has 12 atom stereocenters. The molecule has 4 aliphatic rings. The van der Waals surface area contributed by atoms with Crippen LogP contribution in [0.2, 0.25) is 5.04 Å². The second kappa shape index (κ2) is 18.4. The van der Waals surface area contributed by atoms with Crippen LogP contribution in [0.25, 0.3) is 0 Å². The molecule has 6 rings (SSSR count). The van der Waals surface area contributed by atoms with Crippen LogP contribution in [0.5, 0.6) is 0 Å². The van der Waals surface area contributed by atoms with Gasteiger partial charge in [-0.25, -0.2) is 0 Å². The van der Waals surface area contributed by atoms with Crippen molar-refractivity contribution in [2.24, 2.45) is 52.3 Å². The summed E-state index contributed by atoms with van der Waals surface area (Å²) in [5.74, 6) is 6.02. The zero-order valence-electron chi connectivity index (χ0n) is 38.8. The maximum absolute atomic E-state index is 7.54. The Balaban J connectivity index is 1.10. The van der Waals surface area contributed by atoms with E-state index in [0.29, 0.717) is 28.2 Å². The summed E-state index contributed by atoms with van der Waals surface area (Å²) in [5.41, 5.74) is 0.227. The highest BCUT2D eigenvalue weighted by molar-refractivity contribution is 7.80. The molecule has 1 unspecified atom stereocenters. The van der Waals surface area contributed by atoms with Crippen LogP contribution < -0.4 is 10.4 Å². The fourth-order valence-corrected chi connectivity index (χ4v) is 19.2. The van der Waals surface area contributed by atoms with Crippen LogP contribution in [-0.2, 0) is 18.6 Å². The van der Waals surface area contributed by atoms with E-state index < -0.39 is 13.9 Å². The summed E-state index contributed by atoms with van der Waals surface area (Å²) in [5, 5.41) is 2.99. The van der Waals surface area contributed by atoms with Crippen molar-refractivity contribution < 1.29 is 18.6 Å². The molecule has 0 aliphatic heterocycles. The van der Waals surface area contributed by atoms with Crippen molar-refractivity contribution >= 4 is 36.0 Å². The molecule has 0 saturated heterocycles. The fraction of sp³-hybridized carbons (Fsp3) is 0.750. The first-order chi connectivity index (χ1) is 27.4. The van der Waals surface area contributed by atoms with Gasteiger partial charge in [-0.1, -0.05) is 135 Å². The second-order valence-electron chi connectivity index (χ2n) is 21.9. The Hall–Kier alpha value is -1.57. The molecule has 0 radical (unpaired) electrons. The Morgan fingerprint density at radius 2 is 1.38 bits per heavy atom. The van der Waals surface area contributed by atoms with Gasteiger partial charge in [0.15, 0.2) is 5.05 Å². The minimum absolute atomic E-state index is 0.152. The zero-order valence-corrected chi connectivity index (χ0v) is 40.6. The quantitative estimate of drug-likeness (QED) is 0.124. The summed E-state index contributed by atoms with van der Waals surface area (Å²) in [6.07, 6.45) is 16.3. The molecule has 0 spiro atoms. The molecule has 0 bridgehead atoms. The van der Waals surface area contributed by atoms with Gasteiger partial charge in [-0.05, 0) is 152 Å². The van der Waals surface area contributed by atoms with Gasteiger partial charge in [-0.15, -0.1) is 0 Å². The summed E-state index contributed by atoms with van der Waals surface area (Å²) in [4.78, 5) is 0. The van der Waals surface area contributed by atoms with E-state index in [1.54, 1.807) is 14.2 Å². The predicted molar refractivity (Wildman–Crippen MR) is 250 cm³/mol. The fourth-order valence-electron chi connectivity index (χ4n) is 14.1. The number of hydrogen-bond donors (Lipinski definition) is 0. The highest BCUT2D eigenvalue weighted by Gasteiger charge is 2.61. The van der Waals surface area contributed by atoms with Crippen molar-refractivity contribution in [3.05, 3.63) is 60.7 Å². The molecule has 0 amide bonds. The molecule has 4 aliphatic carbocycles. The van der Waals surface area contributed by atoms with Crippen LogP contribution in [0.3, 0.4) is 0 Å². The second-order valence-corrected chi connectivity index (χ2v) is 26.6. The topological polar surface area (TPSA) is 36.9 Å². The molecule has 58 heavy (non-hydrogen) atoms. The molecular weight excluding hydrogens is 749 g/mol. The normalized spacial score (nSPS) is 32.6. The third-order valence-electron chi connectivity index (χ3n) is 17.1. The molecule has 2 aromatic rings. The van der Waals surface area contributed by atoms with Gasteiger partial charge in [0.25, 0.3) is 8.32 Å². The minimum atomic E-state index is -2.82. The molecule has 4 fully saturated rings. The zero-order chi connectivity index (χ0) is 42.1. The van der Waals surface area contributed by atoms with Crippen LogP contribution >= 0.6 is 12.2 Å². The van der Waals surface area contributed by atoms with E-state index in [9.17, 15) is 0 Å². The van der Waals surface area contributed by atoms with Gasteiger partial charge in [0.05, 0.1) is 12.2 Å². The molecule has 0 N–H and O–H groups in total. The molecule has 324 valence electrons. The lowest BCUT2D eigenvalue weighted by atomic mass is 9.44. The lowest BCUT2D eigenvalue weighted by Gasteiger charge is -2.61. The lowest BCUT2D eigenvalue weighted by molar-refractivity contribution is -0.141. The average Bonchev–Trinajstić information content (AvgIpc) is 3.54. The third-order valence-corrected chi connectivity index (χ3v) is 22.5. The number of ether oxygens (including phenoxy) is 3. The summed E-state index contributed by atoms with van der Waals surface area (Å²) in [6, 6.07) is 21.7. The molecule has 6 heteroatoms. The first kappa shape index (κ1) is 45.9. The summed E-state index contributed by atoms with van der Waals surface area (Å²) < 4.78 is 27.1. The number of benzene rings is 2. The number of fused-ring (bicyclic) bond motifs is 5. The Morgan fingerprint density at radius 3 is 1.95 bits per heavy atom. The number of hydrogen-bond acceptors (Lipinski definition) is 5. The van der Waals surface area contributed by atoms with Gasteiger partial charge < -0.3 is 18.6 Å². The van der Waals surface area contributed by atoms with E-state index in [1.807, 2.05) is 0 Å². The average molecular weight is 831 g/mol. The SMILES string of the molecule is COC([C@@H](C)O[Si](c1ccccc1)(c1ccccc1)C(C)(C)C)[C@@](C)(CC(=S)O[C@H]1CC[C@@]2(C)[C@@H](CC[C@@H]3[C@@H]2CC[C@]2(C)[C@@H]([C@@H](C)CCCC(C)C)CC[C@@H]32)C1)OC. The van der Waals surface area contributed by atoms with E-state index in [-0.39, 0.29) is 23.4 Å². The summed E-state index contributed by atoms with van der Waals surface area (Å²) >= 11 is 6.14. The van der Waals surface area contributed by atoms with Gasteiger partial charge in [0.1, 0.15) is 11.7 Å². The van der Waals surface area contributed by atoms with Gasteiger partial charge in [-0.3, -0.25) is 0 Å². The van der Waals surface area contributed by atoms with Crippen molar-refractivity contribution in [1.29, 1.82) is 0 Å². The van der Waals surface area contributed by atoms with Gasteiger partial charge in [0.2, 0.25) is 0 Å². The third kappa shape index (κ3) is 8.86. The van der Waals surface area contributed by atoms with Gasteiger partial charge >= 0.3 is 0 Å². The number of rotatable bonds is 16. The Morgan fingerprint density at radius 1 is 0.776 bits per heavy atom. The van der Waals surface area contributed by atoms with E-state index in [0.717, 1.165) is 48.3 Å². The highest BCUT2D eigenvalue weighted by Crippen LogP contribution is 2.68. The van der Waals surface area contributed by atoms with Crippen LogP contribution in [-0.4, -0.2) is 51.5 Å². The van der Waals surface area contributed by atoms with Crippen LogP contribution in [0.15, 0.2) is 60.7 Å². The Kier molecular flexibility index (Phi) is 14.6. The van der Waals surface area contributed by atoms with Crippen molar-refractivity contribution in [1.82, 2.24) is 0 Å². The lowest BCUT2D eigenvalue weighted by Crippen LogP contribution is -2.69. The first-order valence-electron chi connectivity index (χ1n) is 23.5. The number of thiocarbonyl (C=S) groups is 1. The molecule has 4 nitrogen and oxygen atoms in total. The van der Waals surface area contributed by atoms with Crippen LogP contribution in [0, 0.1) is 52.3 Å². The highest BCUT2D eigenvalue weighted by atomic mass is 32.1. The molecule has 0 aromatic heterocycles. The molecule has 0 heterocycles. The summed E-state index contributed by atoms with van der Waals surface area (Å²) in [7, 11) is 0.740. The predicted octanol–water partition coefficient (Wildman–Crippen LogP) is 12.6. The maximum atomic E-state index is 7.54. The van der Waals surface area contributed by atoms with Crippen molar-refractivity contribution in [3.8, 4) is 0 Å². The Bertz CT molecular complexity index is 1590. The minimum Gasteiger partial charge on any atom is -0.484 e. The summed E-state index contributed by atoms with van der Waals surface area (Å²) in [6.45, 7) is 24.0. The van der Waals surface area contributed by atoms with E-state index in [2.05, 4.69) is 130 Å². The monoisotopic (exact) mass is 831 g/mol.